The van der Waals surface area contributed by atoms with E-state index in [9.17, 15) is 4.79 Å². The molecule has 0 atom stereocenters. The van der Waals surface area contributed by atoms with Crippen molar-refractivity contribution in [2.24, 2.45) is 10.9 Å². The fourth-order valence-corrected chi connectivity index (χ4v) is 4.04. The van der Waals surface area contributed by atoms with Gasteiger partial charge in [-0.1, -0.05) is 30.3 Å². The monoisotopic (exact) mass is 484 g/mol. The molecule has 2 fully saturated rings. The zero-order valence-electron chi connectivity index (χ0n) is 16.4. The zero-order chi connectivity index (χ0) is 18.2. The molecule has 0 radical (unpaired) electrons. The van der Waals surface area contributed by atoms with Crippen molar-refractivity contribution >= 4 is 35.8 Å². The molecule has 3 rings (SSSR count). The number of carbonyl (C=O) groups excluding carboxylic acids is 1. The molecule has 2 aliphatic heterocycles. The van der Waals surface area contributed by atoms with E-state index in [2.05, 4.69) is 45.5 Å². The second kappa shape index (κ2) is 11.5. The third-order valence-corrected chi connectivity index (χ3v) is 5.60. The highest BCUT2D eigenvalue weighted by atomic mass is 127. The lowest BCUT2D eigenvalue weighted by molar-refractivity contribution is -0.130. The molecule has 1 aromatic carbocycles. The summed E-state index contributed by atoms with van der Waals surface area (Å²) in [6.07, 6.45) is 7.03. The van der Waals surface area contributed by atoms with Gasteiger partial charge in [0.15, 0.2) is 5.96 Å². The van der Waals surface area contributed by atoms with E-state index in [0.29, 0.717) is 6.54 Å². The number of rotatable bonds is 4. The van der Waals surface area contributed by atoms with E-state index in [1.165, 1.54) is 24.8 Å². The molecule has 0 spiro atoms. The molecule has 2 saturated heterocycles. The summed E-state index contributed by atoms with van der Waals surface area (Å²) in [7, 11) is 1.81. The van der Waals surface area contributed by atoms with Crippen molar-refractivity contribution in [2.75, 3.05) is 39.8 Å². The number of nitrogens with zero attached hydrogens (tertiary/aromatic N) is 3. The first-order chi connectivity index (χ1) is 12.8. The van der Waals surface area contributed by atoms with Crippen LogP contribution in [0, 0.1) is 5.92 Å². The van der Waals surface area contributed by atoms with Gasteiger partial charge < -0.3 is 15.1 Å². The summed E-state index contributed by atoms with van der Waals surface area (Å²) >= 11 is 0. The van der Waals surface area contributed by atoms with Crippen LogP contribution in [-0.4, -0.2) is 61.4 Å². The number of hydrogen-bond donors (Lipinski definition) is 1. The van der Waals surface area contributed by atoms with Gasteiger partial charge in [0.25, 0.3) is 0 Å². The Balaban J connectivity index is 0.00000261. The minimum atomic E-state index is 0. The maximum atomic E-state index is 12.3. The number of hydrogen-bond acceptors (Lipinski definition) is 2. The molecule has 150 valence electrons. The van der Waals surface area contributed by atoms with Crippen molar-refractivity contribution < 1.29 is 4.79 Å². The average molecular weight is 484 g/mol. The lowest BCUT2D eigenvalue weighted by Gasteiger charge is -2.34. The number of benzene rings is 1. The van der Waals surface area contributed by atoms with Gasteiger partial charge in [-0.3, -0.25) is 9.79 Å². The second-order valence-corrected chi connectivity index (χ2v) is 7.46. The summed E-state index contributed by atoms with van der Waals surface area (Å²) < 4.78 is 0. The summed E-state index contributed by atoms with van der Waals surface area (Å²) in [5.74, 6) is 1.81. The molecule has 27 heavy (non-hydrogen) atoms. The van der Waals surface area contributed by atoms with Crippen LogP contribution in [0.25, 0.3) is 0 Å². The van der Waals surface area contributed by atoms with Crippen LogP contribution in [-0.2, 0) is 11.2 Å². The lowest BCUT2D eigenvalue weighted by atomic mass is 9.90. The summed E-state index contributed by atoms with van der Waals surface area (Å²) in [6.45, 7) is 4.19. The number of guanidine groups is 1. The van der Waals surface area contributed by atoms with Crippen molar-refractivity contribution in [3.8, 4) is 0 Å². The van der Waals surface area contributed by atoms with E-state index < -0.39 is 0 Å². The Kier molecular flexibility index (Phi) is 9.38. The van der Waals surface area contributed by atoms with E-state index in [4.69, 9.17) is 0 Å². The lowest BCUT2D eigenvalue weighted by Crippen LogP contribution is -2.49. The van der Waals surface area contributed by atoms with Crippen molar-refractivity contribution in [3.63, 3.8) is 0 Å². The number of nitrogens with one attached hydrogen (secondary N) is 1. The highest BCUT2D eigenvalue weighted by Crippen LogP contribution is 2.21. The highest BCUT2D eigenvalue weighted by molar-refractivity contribution is 14.0. The summed E-state index contributed by atoms with van der Waals surface area (Å²) in [6, 6.07) is 10.8. The molecule has 0 aliphatic carbocycles. The highest BCUT2D eigenvalue weighted by Gasteiger charge is 2.23. The average Bonchev–Trinajstić information content (AvgIpc) is 2.71. The molecule has 2 aliphatic rings. The third-order valence-electron chi connectivity index (χ3n) is 5.60. The fraction of sp³-hybridized carbons (Fsp3) is 0.619. The number of likely N-dealkylation sites (tertiary alicyclic amines) is 2. The SMILES string of the molecule is CN=C(NCC(=O)N1CCCCC1)N1CCC(Cc2ccccc2)CC1.I. The standard InChI is InChI=1S/C21H32N4O.HI/c1-22-21(23-17-20(26)24-12-6-3-7-13-24)25-14-10-19(11-15-25)16-18-8-4-2-5-9-18;/h2,4-5,8-9,19H,3,6-7,10-17H2,1H3,(H,22,23);1H. The zero-order valence-corrected chi connectivity index (χ0v) is 18.7. The smallest absolute Gasteiger partial charge is 0.241 e. The molecule has 2 heterocycles. The molecular formula is C21H33IN4O. The van der Waals surface area contributed by atoms with E-state index in [-0.39, 0.29) is 29.9 Å². The molecule has 0 bridgehead atoms. The summed E-state index contributed by atoms with van der Waals surface area (Å²) in [5, 5.41) is 3.29. The maximum Gasteiger partial charge on any atom is 0.241 e. The number of aliphatic imine (C=N–C) groups is 1. The fourth-order valence-electron chi connectivity index (χ4n) is 4.04. The van der Waals surface area contributed by atoms with Crippen molar-refractivity contribution in [2.45, 2.75) is 38.5 Å². The molecule has 5 nitrogen and oxygen atoms in total. The van der Waals surface area contributed by atoms with Crippen molar-refractivity contribution in [1.29, 1.82) is 0 Å². The van der Waals surface area contributed by atoms with Crippen molar-refractivity contribution in [3.05, 3.63) is 35.9 Å². The molecule has 0 unspecified atom stereocenters. The van der Waals surface area contributed by atoms with E-state index >= 15 is 0 Å². The number of amides is 1. The minimum absolute atomic E-state index is 0. The molecule has 0 saturated carbocycles. The van der Waals surface area contributed by atoms with Crippen molar-refractivity contribution in [1.82, 2.24) is 15.1 Å². The molecule has 1 N–H and O–H groups in total. The molecule has 0 aromatic heterocycles. The van der Waals surface area contributed by atoms with Crippen LogP contribution >= 0.6 is 24.0 Å². The predicted octanol–water partition coefficient (Wildman–Crippen LogP) is 3.15. The molecule has 1 aromatic rings. The van der Waals surface area contributed by atoms with Gasteiger partial charge >= 0.3 is 0 Å². The summed E-state index contributed by atoms with van der Waals surface area (Å²) in [4.78, 5) is 21.0. The minimum Gasteiger partial charge on any atom is -0.347 e. The van der Waals surface area contributed by atoms with Crippen LogP contribution in [0.1, 0.15) is 37.7 Å². The Hall–Kier alpha value is -1.31. The Morgan fingerprint density at radius 1 is 1.04 bits per heavy atom. The first kappa shape index (κ1) is 22.0. The van der Waals surface area contributed by atoms with Crippen LogP contribution < -0.4 is 5.32 Å². The quantitative estimate of drug-likeness (QED) is 0.406. The topological polar surface area (TPSA) is 47.9 Å². The summed E-state index contributed by atoms with van der Waals surface area (Å²) in [5.41, 5.74) is 1.43. The number of carbonyl (C=O) groups is 1. The van der Waals surface area contributed by atoms with Gasteiger partial charge in [-0.15, -0.1) is 24.0 Å². The van der Waals surface area contributed by atoms with Gasteiger partial charge in [0.05, 0.1) is 6.54 Å². The van der Waals surface area contributed by atoms with Gasteiger partial charge in [-0.05, 0) is 50.0 Å². The van der Waals surface area contributed by atoms with Gasteiger partial charge in [-0.2, -0.15) is 0 Å². The van der Waals surface area contributed by atoms with Gasteiger partial charge in [0, 0.05) is 33.2 Å². The van der Waals surface area contributed by atoms with Crippen LogP contribution in [0.3, 0.4) is 0 Å². The van der Waals surface area contributed by atoms with E-state index in [1.54, 1.807) is 0 Å². The first-order valence-corrected chi connectivity index (χ1v) is 10.0. The molecule has 1 amide bonds. The molecule has 6 heteroatoms. The Morgan fingerprint density at radius 3 is 2.33 bits per heavy atom. The van der Waals surface area contributed by atoms with Gasteiger partial charge in [0.1, 0.15) is 0 Å². The Labute approximate surface area is 180 Å². The predicted molar refractivity (Wildman–Crippen MR) is 122 cm³/mol. The van der Waals surface area contributed by atoms with Crippen LogP contribution in [0.2, 0.25) is 0 Å². The normalized spacial score (nSPS) is 18.8. The number of piperidine rings is 2. The van der Waals surface area contributed by atoms with E-state index in [0.717, 1.165) is 57.3 Å². The first-order valence-electron chi connectivity index (χ1n) is 10.0. The van der Waals surface area contributed by atoms with Crippen LogP contribution in [0.5, 0.6) is 0 Å². The molecular weight excluding hydrogens is 451 g/mol. The van der Waals surface area contributed by atoms with Crippen LogP contribution in [0.4, 0.5) is 0 Å². The number of halogens is 1. The third kappa shape index (κ3) is 6.66. The second-order valence-electron chi connectivity index (χ2n) is 7.46. The van der Waals surface area contributed by atoms with Crippen LogP contribution in [0.15, 0.2) is 35.3 Å². The van der Waals surface area contributed by atoms with Gasteiger partial charge in [-0.25, -0.2) is 0 Å². The Morgan fingerprint density at radius 2 is 1.70 bits per heavy atom. The van der Waals surface area contributed by atoms with E-state index in [1.807, 2.05) is 11.9 Å². The maximum absolute atomic E-state index is 12.3. The largest absolute Gasteiger partial charge is 0.347 e. The van der Waals surface area contributed by atoms with Gasteiger partial charge in [0.2, 0.25) is 5.91 Å². The Bertz CT molecular complexity index is 593.